The van der Waals surface area contributed by atoms with Crippen molar-refractivity contribution in [1.29, 1.82) is 0 Å². The second-order valence-corrected chi connectivity index (χ2v) is 6.34. The standard InChI is InChI=1S/C14H20N4O3S/c1-9(2)8-18-11(7-10(3)17-18)13-15-16-14(21-13)22-6-5-12(19)20-4/h7,9H,5-6,8H2,1-4H3. The van der Waals surface area contributed by atoms with E-state index in [0.29, 0.717) is 29.2 Å². The molecule has 0 aliphatic rings. The lowest BCUT2D eigenvalue weighted by atomic mass is 10.2. The Morgan fingerprint density at radius 1 is 1.45 bits per heavy atom. The van der Waals surface area contributed by atoms with Gasteiger partial charge in [-0.1, -0.05) is 25.6 Å². The summed E-state index contributed by atoms with van der Waals surface area (Å²) in [4.78, 5) is 11.1. The van der Waals surface area contributed by atoms with Crippen LogP contribution in [0.1, 0.15) is 26.0 Å². The van der Waals surface area contributed by atoms with Crippen molar-refractivity contribution in [3.8, 4) is 11.6 Å². The number of aromatic nitrogens is 4. The number of methoxy groups -OCH3 is 1. The predicted molar refractivity (Wildman–Crippen MR) is 82.5 cm³/mol. The molecule has 0 radical (unpaired) electrons. The van der Waals surface area contributed by atoms with Crippen LogP contribution in [-0.4, -0.2) is 38.8 Å². The number of hydrogen-bond acceptors (Lipinski definition) is 7. The summed E-state index contributed by atoms with van der Waals surface area (Å²) in [6.45, 7) is 6.98. The molecule has 2 aromatic rings. The van der Waals surface area contributed by atoms with Crippen LogP contribution in [0.2, 0.25) is 0 Å². The topological polar surface area (TPSA) is 83.0 Å². The van der Waals surface area contributed by atoms with Crippen LogP contribution in [-0.2, 0) is 16.1 Å². The van der Waals surface area contributed by atoms with Crippen LogP contribution in [0.25, 0.3) is 11.6 Å². The van der Waals surface area contributed by atoms with Gasteiger partial charge in [0.05, 0.1) is 19.2 Å². The Bertz CT molecular complexity index is 636. The number of nitrogens with zero attached hydrogens (tertiary/aromatic N) is 4. The number of hydrogen-bond donors (Lipinski definition) is 0. The van der Waals surface area contributed by atoms with Gasteiger partial charge in [-0.25, -0.2) is 0 Å². The third-order valence-corrected chi connectivity index (χ3v) is 3.65. The first-order chi connectivity index (χ1) is 10.5. The molecule has 0 saturated heterocycles. The SMILES string of the molecule is COC(=O)CCSc1nnc(-c2cc(C)nn2CC(C)C)o1. The molecule has 0 aliphatic carbocycles. The Labute approximate surface area is 133 Å². The summed E-state index contributed by atoms with van der Waals surface area (Å²) in [7, 11) is 1.37. The molecule has 2 aromatic heterocycles. The normalized spacial score (nSPS) is 11.1. The van der Waals surface area contributed by atoms with Crippen LogP contribution >= 0.6 is 11.8 Å². The second kappa shape index (κ2) is 7.44. The summed E-state index contributed by atoms with van der Waals surface area (Å²) in [5, 5.41) is 13.0. The lowest BCUT2D eigenvalue weighted by Gasteiger charge is -2.07. The molecule has 7 nitrogen and oxygen atoms in total. The molecule has 0 bridgehead atoms. The number of ether oxygens (including phenoxy) is 1. The van der Waals surface area contributed by atoms with E-state index in [1.54, 1.807) is 0 Å². The maximum atomic E-state index is 11.1. The summed E-state index contributed by atoms with van der Waals surface area (Å²) in [5.41, 5.74) is 1.73. The molecule has 0 N–H and O–H groups in total. The molecule has 2 heterocycles. The summed E-state index contributed by atoms with van der Waals surface area (Å²) in [5.74, 6) is 1.20. The summed E-state index contributed by atoms with van der Waals surface area (Å²) in [6.07, 6.45) is 0.309. The van der Waals surface area contributed by atoms with Crippen molar-refractivity contribution in [2.75, 3.05) is 12.9 Å². The molecular formula is C14H20N4O3S. The van der Waals surface area contributed by atoms with Gasteiger partial charge in [0.2, 0.25) is 0 Å². The van der Waals surface area contributed by atoms with Gasteiger partial charge in [0, 0.05) is 12.3 Å². The fourth-order valence-electron chi connectivity index (χ4n) is 1.90. The third-order valence-electron chi connectivity index (χ3n) is 2.83. The van der Waals surface area contributed by atoms with Gasteiger partial charge in [0.15, 0.2) is 0 Å². The van der Waals surface area contributed by atoms with E-state index < -0.39 is 0 Å². The first-order valence-electron chi connectivity index (χ1n) is 7.07. The number of carbonyl (C=O) groups is 1. The van der Waals surface area contributed by atoms with E-state index in [0.717, 1.165) is 17.9 Å². The van der Waals surface area contributed by atoms with Crippen LogP contribution in [0.15, 0.2) is 15.7 Å². The molecule has 0 aliphatic heterocycles. The van der Waals surface area contributed by atoms with Crippen LogP contribution in [0.5, 0.6) is 0 Å². The quantitative estimate of drug-likeness (QED) is 0.571. The highest BCUT2D eigenvalue weighted by Gasteiger charge is 2.16. The lowest BCUT2D eigenvalue weighted by molar-refractivity contribution is -0.140. The summed E-state index contributed by atoms with van der Waals surface area (Å²) < 4.78 is 12.1. The zero-order chi connectivity index (χ0) is 16.1. The molecule has 120 valence electrons. The average Bonchev–Trinajstić information content (AvgIpc) is 3.04. The second-order valence-electron chi connectivity index (χ2n) is 5.29. The maximum absolute atomic E-state index is 11.1. The van der Waals surface area contributed by atoms with E-state index in [1.165, 1.54) is 18.9 Å². The Morgan fingerprint density at radius 3 is 2.91 bits per heavy atom. The van der Waals surface area contributed by atoms with Crippen molar-refractivity contribution in [2.45, 2.75) is 39.0 Å². The van der Waals surface area contributed by atoms with Crippen LogP contribution < -0.4 is 0 Å². The molecule has 0 atom stereocenters. The minimum absolute atomic E-state index is 0.252. The first-order valence-corrected chi connectivity index (χ1v) is 8.06. The van der Waals surface area contributed by atoms with Gasteiger partial charge >= 0.3 is 5.97 Å². The fraction of sp³-hybridized carbons (Fsp3) is 0.571. The van der Waals surface area contributed by atoms with Crippen LogP contribution in [0, 0.1) is 12.8 Å². The van der Waals surface area contributed by atoms with Crippen molar-refractivity contribution in [2.24, 2.45) is 5.92 Å². The number of esters is 1. The Morgan fingerprint density at radius 2 is 2.23 bits per heavy atom. The maximum Gasteiger partial charge on any atom is 0.306 e. The predicted octanol–water partition coefficient (Wildman–Crippen LogP) is 2.55. The monoisotopic (exact) mass is 324 g/mol. The zero-order valence-corrected chi connectivity index (χ0v) is 14.0. The minimum atomic E-state index is -0.252. The van der Waals surface area contributed by atoms with Gasteiger partial charge in [0.1, 0.15) is 5.69 Å². The van der Waals surface area contributed by atoms with Gasteiger partial charge in [-0.15, -0.1) is 10.2 Å². The van der Waals surface area contributed by atoms with E-state index in [1.807, 2.05) is 17.7 Å². The van der Waals surface area contributed by atoms with E-state index >= 15 is 0 Å². The third kappa shape index (κ3) is 4.33. The van der Waals surface area contributed by atoms with Gasteiger partial charge < -0.3 is 9.15 Å². The summed E-state index contributed by atoms with van der Waals surface area (Å²) in [6, 6.07) is 1.93. The zero-order valence-electron chi connectivity index (χ0n) is 13.2. The molecule has 0 spiro atoms. The van der Waals surface area contributed by atoms with Gasteiger partial charge in [-0.2, -0.15) is 5.10 Å². The molecule has 0 amide bonds. The Hall–Kier alpha value is -1.83. The molecule has 0 aromatic carbocycles. The molecule has 2 rings (SSSR count). The number of carbonyl (C=O) groups excluding carboxylic acids is 1. The van der Waals surface area contributed by atoms with Gasteiger partial charge in [0.25, 0.3) is 11.1 Å². The smallest absolute Gasteiger partial charge is 0.306 e. The summed E-state index contributed by atoms with van der Waals surface area (Å²) >= 11 is 1.34. The van der Waals surface area contributed by atoms with Crippen LogP contribution in [0.4, 0.5) is 0 Å². The highest BCUT2D eigenvalue weighted by molar-refractivity contribution is 7.99. The number of aryl methyl sites for hydroxylation is 1. The highest BCUT2D eigenvalue weighted by Crippen LogP contribution is 2.24. The molecule has 0 unspecified atom stereocenters. The van der Waals surface area contributed by atoms with Crippen molar-refractivity contribution in [3.63, 3.8) is 0 Å². The van der Waals surface area contributed by atoms with E-state index in [2.05, 4.69) is 33.9 Å². The number of rotatable bonds is 7. The number of thioether (sulfide) groups is 1. The van der Waals surface area contributed by atoms with Crippen molar-refractivity contribution in [3.05, 3.63) is 11.8 Å². The van der Waals surface area contributed by atoms with E-state index in [-0.39, 0.29) is 5.97 Å². The lowest BCUT2D eigenvalue weighted by Crippen LogP contribution is -2.07. The molecule has 0 fully saturated rings. The van der Waals surface area contributed by atoms with Crippen molar-refractivity contribution >= 4 is 17.7 Å². The van der Waals surface area contributed by atoms with E-state index in [9.17, 15) is 4.79 Å². The molecule has 8 heteroatoms. The molecular weight excluding hydrogens is 304 g/mol. The van der Waals surface area contributed by atoms with Gasteiger partial charge in [-0.3, -0.25) is 9.48 Å². The van der Waals surface area contributed by atoms with Crippen molar-refractivity contribution in [1.82, 2.24) is 20.0 Å². The Kier molecular flexibility index (Phi) is 5.59. The van der Waals surface area contributed by atoms with Crippen LogP contribution in [0.3, 0.4) is 0 Å². The molecule has 22 heavy (non-hydrogen) atoms. The molecule has 0 saturated carbocycles. The highest BCUT2D eigenvalue weighted by atomic mass is 32.2. The largest absolute Gasteiger partial charge is 0.469 e. The fourth-order valence-corrected chi connectivity index (χ4v) is 2.58. The first kappa shape index (κ1) is 16.5. The van der Waals surface area contributed by atoms with E-state index in [4.69, 9.17) is 4.42 Å². The van der Waals surface area contributed by atoms with Gasteiger partial charge in [-0.05, 0) is 18.9 Å². The average molecular weight is 324 g/mol. The minimum Gasteiger partial charge on any atom is -0.469 e. The van der Waals surface area contributed by atoms with Crippen molar-refractivity contribution < 1.29 is 13.9 Å². The Balaban J connectivity index is 2.06.